The maximum atomic E-state index is 10.5. The van der Waals surface area contributed by atoms with E-state index >= 15 is 0 Å². The topological polar surface area (TPSA) is 17.1 Å². The van der Waals surface area contributed by atoms with Crippen LogP contribution in [0, 0.1) is 0 Å². The summed E-state index contributed by atoms with van der Waals surface area (Å²) >= 11 is 0. The Morgan fingerprint density at radius 1 is 1.41 bits per heavy atom. The van der Waals surface area contributed by atoms with E-state index in [4.69, 9.17) is 0 Å². The van der Waals surface area contributed by atoms with Gasteiger partial charge in [0.15, 0.2) is 0 Å². The first-order valence-corrected chi connectivity index (χ1v) is 5.76. The normalized spacial score (nSPS) is 10.4. The Kier molecular flexibility index (Phi) is 5.15. The molecule has 0 saturated carbocycles. The summed E-state index contributed by atoms with van der Waals surface area (Å²) < 4.78 is 0. The van der Waals surface area contributed by atoms with Crippen molar-refractivity contribution in [1.82, 2.24) is 0 Å². The van der Waals surface area contributed by atoms with Crippen LogP contribution in [-0.4, -0.2) is 6.29 Å². The number of carbonyl (C=O) groups excluding carboxylic acids is 1. The van der Waals surface area contributed by atoms with E-state index < -0.39 is 0 Å². The van der Waals surface area contributed by atoms with E-state index in [1.54, 1.807) is 6.08 Å². The predicted octanol–water partition coefficient (Wildman–Crippen LogP) is 4.05. The summed E-state index contributed by atoms with van der Waals surface area (Å²) in [6.45, 7) is 9.77. The molecule has 0 saturated heterocycles. The van der Waals surface area contributed by atoms with Gasteiger partial charge < -0.3 is 4.79 Å². The Morgan fingerprint density at radius 2 is 2.18 bits per heavy atom. The predicted molar refractivity (Wildman–Crippen MR) is 74.8 cm³/mol. The Morgan fingerprint density at radius 3 is 2.76 bits per heavy atom. The van der Waals surface area contributed by atoms with Gasteiger partial charge in [-0.3, -0.25) is 0 Å². The minimum Gasteiger partial charge on any atom is -0.303 e. The largest absolute Gasteiger partial charge is 0.303 e. The van der Waals surface area contributed by atoms with Gasteiger partial charge in [0.25, 0.3) is 0 Å². The van der Waals surface area contributed by atoms with Crippen molar-refractivity contribution in [2.45, 2.75) is 19.8 Å². The molecule has 88 valence electrons. The highest BCUT2D eigenvalue weighted by molar-refractivity contribution is 5.65. The molecule has 0 radical (unpaired) electrons. The molecule has 0 aliphatic carbocycles. The average Bonchev–Trinajstić information content (AvgIpc) is 2.37. The fraction of sp³-hybridized carbons (Fsp3) is 0.188. The van der Waals surface area contributed by atoms with Gasteiger partial charge in [-0.1, -0.05) is 56.0 Å². The van der Waals surface area contributed by atoms with Crippen LogP contribution in [0.5, 0.6) is 0 Å². The lowest BCUT2D eigenvalue weighted by atomic mass is 10.0. The molecule has 0 N–H and O–H groups in total. The average molecular weight is 226 g/mol. The number of carbonyl (C=O) groups is 1. The van der Waals surface area contributed by atoms with Gasteiger partial charge in [-0.2, -0.15) is 0 Å². The Labute approximate surface area is 103 Å². The highest BCUT2D eigenvalue weighted by Crippen LogP contribution is 2.15. The number of aldehydes is 1. The Balaban J connectivity index is 2.97. The van der Waals surface area contributed by atoms with Crippen LogP contribution in [0.4, 0.5) is 0 Å². The fourth-order valence-electron chi connectivity index (χ4n) is 1.51. The summed E-state index contributed by atoms with van der Waals surface area (Å²) in [7, 11) is 0. The zero-order chi connectivity index (χ0) is 12.7. The van der Waals surface area contributed by atoms with E-state index in [1.807, 2.05) is 30.4 Å². The molecule has 1 aromatic rings. The van der Waals surface area contributed by atoms with Crippen molar-refractivity contribution in [1.29, 1.82) is 0 Å². The highest BCUT2D eigenvalue weighted by atomic mass is 16.1. The van der Waals surface area contributed by atoms with E-state index in [0.29, 0.717) is 6.42 Å². The minimum absolute atomic E-state index is 0.438. The summed E-state index contributed by atoms with van der Waals surface area (Å²) in [4.78, 5) is 10.5. The van der Waals surface area contributed by atoms with Crippen molar-refractivity contribution in [2.24, 2.45) is 0 Å². The van der Waals surface area contributed by atoms with Crippen LogP contribution >= 0.6 is 0 Å². The zero-order valence-corrected chi connectivity index (χ0v) is 10.3. The lowest BCUT2D eigenvalue weighted by Gasteiger charge is -2.04. The monoisotopic (exact) mass is 226 g/mol. The molecule has 0 bridgehead atoms. The fourth-order valence-corrected chi connectivity index (χ4v) is 1.51. The van der Waals surface area contributed by atoms with Crippen molar-refractivity contribution < 1.29 is 4.79 Å². The molecule has 0 aliphatic heterocycles. The van der Waals surface area contributed by atoms with Crippen molar-refractivity contribution >= 4 is 18.4 Å². The maximum Gasteiger partial charge on any atom is 0.124 e. The molecule has 0 heterocycles. The number of rotatable bonds is 6. The van der Waals surface area contributed by atoms with Crippen LogP contribution in [0.1, 0.15) is 30.0 Å². The second kappa shape index (κ2) is 6.64. The third-order valence-corrected chi connectivity index (χ3v) is 2.66. The quantitative estimate of drug-likeness (QED) is 0.528. The van der Waals surface area contributed by atoms with Gasteiger partial charge in [-0.05, 0) is 29.2 Å². The Bertz CT molecular complexity index is 453. The minimum atomic E-state index is 0.438. The van der Waals surface area contributed by atoms with Crippen molar-refractivity contribution in [2.75, 3.05) is 0 Å². The lowest BCUT2D eigenvalue weighted by molar-refractivity contribution is -0.107. The molecule has 1 heteroatoms. The number of hydrogen-bond acceptors (Lipinski definition) is 1. The summed E-state index contributed by atoms with van der Waals surface area (Å²) in [5, 5.41) is 0. The lowest BCUT2D eigenvalue weighted by Crippen LogP contribution is -1.90. The summed E-state index contributed by atoms with van der Waals surface area (Å²) in [5.41, 5.74) is 4.23. The highest BCUT2D eigenvalue weighted by Gasteiger charge is 1.99. The maximum absolute atomic E-state index is 10.5. The van der Waals surface area contributed by atoms with Gasteiger partial charge in [-0.25, -0.2) is 0 Å². The molecule has 1 nitrogen and oxygen atoms in total. The summed E-state index contributed by atoms with van der Waals surface area (Å²) in [5.74, 6) is 0. The van der Waals surface area contributed by atoms with Gasteiger partial charge in [0.2, 0.25) is 0 Å². The first-order valence-electron chi connectivity index (χ1n) is 5.76. The third-order valence-electron chi connectivity index (χ3n) is 2.66. The van der Waals surface area contributed by atoms with E-state index in [2.05, 4.69) is 20.1 Å². The molecular formula is C16H18O. The SMILES string of the molecule is C=Cc1cc(/C=C/C(=C)CC)ccc1CC=O. The molecule has 17 heavy (non-hydrogen) atoms. The van der Waals surface area contributed by atoms with E-state index in [9.17, 15) is 4.79 Å². The van der Waals surface area contributed by atoms with Crippen LogP contribution in [0.2, 0.25) is 0 Å². The first-order chi connectivity index (χ1) is 8.21. The van der Waals surface area contributed by atoms with E-state index in [1.165, 1.54) is 0 Å². The molecule has 0 amide bonds. The van der Waals surface area contributed by atoms with Crippen LogP contribution < -0.4 is 0 Å². The zero-order valence-electron chi connectivity index (χ0n) is 10.3. The van der Waals surface area contributed by atoms with Gasteiger partial charge in [0, 0.05) is 6.42 Å². The third kappa shape index (κ3) is 3.87. The standard InChI is InChI=1S/C16H18O/c1-4-13(3)6-7-14-8-9-16(10-11-17)15(5-2)12-14/h5-9,11-12H,2-4,10H2,1H3/b7-6+. The number of hydrogen-bond donors (Lipinski definition) is 0. The van der Waals surface area contributed by atoms with Crippen LogP contribution in [0.25, 0.3) is 12.2 Å². The second-order valence-corrected chi connectivity index (χ2v) is 3.88. The molecule has 1 aromatic carbocycles. The van der Waals surface area contributed by atoms with Crippen molar-refractivity contribution in [3.63, 3.8) is 0 Å². The second-order valence-electron chi connectivity index (χ2n) is 3.88. The van der Waals surface area contributed by atoms with Gasteiger partial charge >= 0.3 is 0 Å². The van der Waals surface area contributed by atoms with Crippen LogP contribution in [0.3, 0.4) is 0 Å². The molecule has 1 rings (SSSR count). The van der Waals surface area contributed by atoms with Crippen LogP contribution in [-0.2, 0) is 11.2 Å². The molecule has 0 aliphatic rings. The van der Waals surface area contributed by atoms with Crippen molar-refractivity contribution in [3.05, 3.63) is 59.7 Å². The summed E-state index contributed by atoms with van der Waals surface area (Å²) in [6, 6.07) is 6.01. The molecule has 0 aromatic heterocycles. The summed E-state index contributed by atoms with van der Waals surface area (Å²) in [6.07, 6.45) is 8.13. The van der Waals surface area contributed by atoms with Gasteiger partial charge in [0.1, 0.15) is 6.29 Å². The first kappa shape index (κ1) is 13.2. The Hall–Kier alpha value is -1.89. The van der Waals surface area contributed by atoms with E-state index in [0.717, 1.165) is 35.0 Å². The van der Waals surface area contributed by atoms with Crippen LogP contribution in [0.15, 0.2) is 43.0 Å². The van der Waals surface area contributed by atoms with Gasteiger partial charge in [0.05, 0.1) is 0 Å². The molecule has 0 atom stereocenters. The van der Waals surface area contributed by atoms with Gasteiger partial charge in [-0.15, -0.1) is 0 Å². The smallest absolute Gasteiger partial charge is 0.124 e. The number of benzene rings is 1. The van der Waals surface area contributed by atoms with E-state index in [-0.39, 0.29) is 0 Å². The van der Waals surface area contributed by atoms with Crippen molar-refractivity contribution in [3.8, 4) is 0 Å². The molecule has 0 spiro atoms. The molecule has 0 fully saturated rings. The molecule has 0 unspecified atom stereocenters. The molecular weight excluding hydrogens is 208 g/mol. The number of allylic oxidation sites excluding steroid dienone is 2.